The zero-order valence-corrected chi connectivity index (χ0v) is 17.0. The van der Waals surface area contributed by atoms with Crippen molar-refractivity contribution in [3.05, 3.63) is 41.6 Å². The number of thiophene rings is 1. The summed E-state index contributed by atoms with van der Waals surface area (Å²) in [4.78, 5) is 12.6. The Bertz CT molecular complexity index is 879. The zero-order valence-electron chi connectivity index (χ0n) is 15.4. The minimum absolute atomic E-state index is 0.585. The van der Waals surface area contributed by atoms with Gasteiger partial charge in [0.25, 0.3) is 0 Å². The van der Waals surface area contributed by atoms with E-state index in [9.17, 15) is 0 Å². The number of benzene rings is 1. The number of hydrogen-bond donors (Lipinski definition) is 2. The second kappa shape index (κ2) is 8.52. The van der Waals surface area contributed by atoms with Gasteiger partial charge in [-0.2, -0.15) is 0 Å². The largest absolute Gasteiger partial charge is 0.354 e. The van der Waals surface area contributed by atoms with Crippen molar-refractivity contribution in [3.8, 4) is 10.6 Å². The van der Waals surface area contributed by atoms with E-state index in [4.69, 9.17) is 11.6 Å². The van der Waals surface area contributed by atoms with Crippen LogP contribution in [0.3, 0.4) is 0 Å². The van der Waals surface area contributed by atoms with Crippen LogP contribution in [0.5, 0.6) is 0 Å². The van der Waals surface area contributed by atoms with Gasteiger partial charge in [-0.1, -0.05) is 29.8 Å². The molecular weight excluding hydrogens is 378 g/mol. The number of halogens is 1. The topological polar surface area (TPSA) is 53.1 Å². The lowest BCUT2D eigenvalue weighted by molar-refractivity contribution is 0.173. The average molecular weight is 402 g/mol. The summed E-state index contributed by atoms with van der Waals surface area (Å²) in [6.45, 7) is 7.49. The summed E-state index contributed by atoms with van der Waals surface area (Å²) in [6.07, 6.45) is 2.75. The van der Waals surface area contributed by atoms with Gasteiger partial charge in [0.2, 0.25) is 5.95 Å². The van der Waals surface area contributed by atoms with E-state index in [1.54, 1.807) is 17.5 Å². The molecule has 2 aromatic heterocycles. The number of anilines is 1. The Morgan fingerprint density at radius 1 is 1.37 bits per heavy atom. The van der Waals surface area contributed by atoms with Crippen LogP contribution >= 0.6 is 22.9 Å². The smallest absolute Gasteiger partial charge is 0.223 e. The van der Waals surface area contributed by atoms with Crippen molar-refractivity contribution >= 4 is 39.0 Å². The van der Waals surface area contributed by atoms with Crippen LogP contribution in [0.1, 0.15) is 13.3 Å². The molecule has 0 amide bonds. The van der Waals surface area contributed by atoms with Crippen molar-refractivity contribution in [3.63, 3.8) is 0 Å². The fourth-order valence-electron chi connectivity index (χ4n) is 3.42. The maximum absolute atomic E-state index is 6.38. The predicted molar refractivity (Wildman–Crippen MR) is 115 cm³/mol. The van der Waals surface area contributed by atoms with E-state index in [2.05, 4.69) is 56.7 Å². The highest BCUT2D eigenvalue weighted by atomic mass is 35.5. The van der Waals surface area contributed by atoms with Gasteiger partial charge in [0.1, 0.15) is 5.69 Å². The summed E-state index contributed by atoms with van der Waals surface area (Å²) in [6, 6.07) is 11.1. The molecule has 0 unspecified atom stereocenters. The van der Waals surface area contributed by atoms with Gasteiger partial charge in [0.15, 0.2) is 0 Å². The number of nitrogens with zero attached hydrogens (tertiary/aromatic N) is 3. The van der Waals surface area contributed by atoms with Gasteiger partial charge in [-0.25, -0.2) is 9.97 Å². The Balaban J connectivity index is 1.40. The summed E-state index contributed by atoms with van der Waals surface area (Å²) in [5, 5.41) is 8.58. The van der Waals surface area contributed by atoms with Gasteiger partial charge in [-0.05, 0) is 30.9 Å². The maximum Gasteiger partial charge on any atom is 0.223 e. The lowest BCUT2D eigenvalue weighted by Gasteiger charge is -2.33. The zero-order chi connectivity index (χ0) is 18.6. The first-order valence-corrected chi connectivity index (χ1v) is 10.6. The molecular formula is C20H24ClN5S. The molecule has 1 aliphatic heterocycles. The average Bonchev–Trinajstić information content (AvgIpc) is 3.11. The van der Waals surface area contributed by atoms with Crippen molar-refractivity contribution in [1.29, 1.82) is 0 Å². The van der Waals surface area contributed by atoms with E-state index < -0.39 is 0 Å². The van der Waals surface area contributed by atoms with Crippen LogP contribution in [0.15, 0.2) is 36.5 Å². The van der Waals surface area contributed by atoms with Gasteiger partial charge in [-0.3, -0.25) is 4.90 Å². The van der Waals surface area contributed by atoms with Gasteiger partial charge in [-0.15, -0.1) is 11.3 Å². The summed E-state index contributed by atoms with van der Waals surface area (Å²) in [5.41, 5.74) is 0.797. The molecule has 1 aliphatic rings. The molecule has 0 aliphatic carbocycles. The molecule has 0 saturated carbocycles. The quantitative estimate of drug-likeness (QED) is 0.609. The molecule has 0 bridgehead atoms. The molecule has 0 spiro atoms. The van der Waals surface area contributed by atoms with E-state index in [1.807, 2.05) is 6.07 Å². The summed E-state index contributed by atoms with van der Waals surface area (Å²) >= 11 is 8.08. The molecule has 5 nitrogen and oxygen atoms in total. The fraction of sp³-hybridized carbons (Fsp3) is 0.400. The molecule has 1 saturated heterocycles. The number of rotatable bonds is 6. The SMILES string of the molecule is C[C@H]1CNCCN1CCCNc1ncc(Cl)c(-c2cc3ccccc3s2)n1. The highest BCUT2D eigenvalue weighted by Gasteiger charge is 2.17. The molecule has 1 fully saturated rings. The minimum atomic E-state index is 0.585. The fourth-order valence-corrected chi connectivity index (χ4v) is 4.74. The molecule has 1 atom stereocenters. The van der Waals surface area contributed by atoms with E-state index in [0.29, 0.717) is 17.0 Å². The molecule has 3 heterocycles. The van der Waals surface area contributed by atoms with Crippen LogP contribution in [-0.2, 0) is 0 Å². The van der Waals surface area contributed by atoms with Crippen molar-refractivity contribution in [2.75, 3.05) is 38.0 Å². The van der Waals surface area contributed by atoms with Crippen molar-refractivity contribution in [1.82, 2.24) is 20.2 Å². The Morgan fingerprint density at radius 2 is 2.26 bits per heavy atom. The third kappa shape index (κ3) is 4.41. The molecule has 7 heteroatoms. The number of fused-ring (bicyclic) bond motifs is 1. The van der Waals surface area contributed by atoms with Crippen LogP contribution in [0.4, 0.5) is 5.95 Å². The molecule has 27 heavy (non-hydrogen) atoms. The van der Waals surface area contributed by atoms with Gasteiger partial charge >= 0.3 is 0 Å². The predicted octanol–water partition coefficient (Wildman–Crippen LogP) is 4.11. The van der Waals surface area contributed by atoms with Crippen molar-refractivity contribution in [2.24, 2.45) is 0 Å². The summed E-state index contributed by atoms with van der Waals surface area (Å²) in [5.74, 6) is 0.639. The second-order valence-corrected chi connectivity index (χ2v) is 8.40. The van der Waals surface area contributed by atoms with Crippen LogP contribution < -0.4 is 10.6 Å². The standard InChI is InChI=1S/C20H24ClN5S/c1-14-12-22-8-10-26(14)9-4-7-23-20-24-13-16(21)19(25-20)18-11-15-5-2-3-6-17(15)27-18/h2-3,5-6,11,13-14,22H,4,7-10,12H2,1H3,(H,23,24,25)/t14-/m0/s1. The molecule has 3 aromatic rings. The first kappa shape index (κ1) is 18.6. The maximum atomic E-state index is 6.38. The van der Waals surface area contributed by atoms with E-state index in [-0.39, 0.29) is 0 Å². The molecule has 0 radical (unpaired) electrons. The van der Waals surface area contributed by atoms with Gasteiger partial charge < -0.3 is 10.6 Å². The molecule has 2 N–H and O–H groups in total. The Labute approximate surface area is 168 Å². The van der Waals surface area contributed by atoms with Crippen LogP contribution in [-0.4, -0.2) is 53.6 Å². The number of piperazine rings is 1. The Morgan fingerprint density at radius 3 is 3.11 bits per heavy atom. The van der Waals surface area contributed by atoms with Gasteiger partial charge in [0, 0.05) is 43.5 Å². The third-order valence-corrected chi connectivity index (χ3v) is 6.35. The Kier molecular flexibility index (Phi) is 5.88. The number of aromatic nitrogens is 2. The highest BCUT2D eigenvalue weighted by Crippen LogP contribution is 2.35. The van der Waals surface area contributed by atoms with E-state index in [0.717, 1.165) is 49.7 Å². The summed E-state index contributed by atoms with van der Waals surface area (Å²) < 4.78 is 1.24. The first-order chi connectivity index (χ1) is 13.2. The molecule has 4 rings (SSSR count). The molecule has 1 aromatic carbocycles. The number of nitrogens with one attached hydrogen (secondary N) is 2. The van der Waals surface area contributed by atoms with Gasteiger partial charge in [0.05, 0.1) is 16.1 Å². The second-order valence-electron chi connectivity index (χ2n) is 6.91. The monoisotopic (exact) mass is 401 g/mol. The van der Waals surface area contributed by atoms with Crippen LogP contribution in [0.25, 0.3) is 20.7 Å². The molecule has 142 valence electrons. The Hall–Kier alpha value is -1.73. The lowest BCUT2D eigenvalue weighted by Crippen LogP contribution is -2.50. The lowest BCUT2D eigenvalue weighted by atomic mass is 10.2. The third-order valence-electron chi connectivity index (χ3n) is 4.95. The van der Waals surface area contributed by atoms with E-state index >= 15 is 0 Å². The number of hydrogen-bond acceptors (Lipinski definition) is 6. The first-order valence-electron chi connectivity index (χ1n) is 9.41. The highest BCUT2D eigenvalue weighted by molar-refractivity contribution is 7.22. The van der Waals surface area contributed by atoms with Crippen LogP contribution in [0, 0.1) is 0 Å². The minimum Gasteiger partial charge on any atom is -0.354 e. The van der Waals surface area contributed by atoms with Crippen molar-refractivity contribution in [2.45, 2.75) is 19.4 Å². The van der Waals surface area contributed by atoms with Crippen LogP contribution in [0.2, 0.25) is 5.02 Å². The summed E-state index contributed by atoms with van der Waals surface area (Å²) in [7, 11) is 0. The van der Waals surface area contributed by atoms with E-state index in [1.165, 1.54) is 10.1 Å². The van der Waals surface area contributed by atoms with Crippen molar-refractivity contribution < 1.29 is 0 Å². The normalized spacial score (nSPS) is 18.1.